The maximum Gasteiger partial charge on any atom is 0.336 e. The number of nitrogens with one attached hydrogen (secondary N) is 1. The first-order valence-corrected chi connectivity index (χ1v) is 4.44. The molecule has 0 heterocycles. The SMILES string of the molecule is COC(=O)C(O)CNS(N)(=O)=O. The van der Waals surface area contributed by atoms with Crippen LogP contribution in [0.25, 0.3) is 0 Å². The van der Waals surface area contributed by atoms with E-state index in [9.17, 15) is 13.2 Å². The number of aliphatic hydroxyl groups excluding tert-OH is 1. The van der Waals surface area contributed by atoms with Gasteiger partial charge in [0.25, 0.3) is 10.2 Å². The lowest BCUT2D eigenvalue weighted by Crippen LogP contribution is -2.40. The lowest BCUT2D eigenvalue weighted by atomic mass is 10.4. The van der Waals surface area contributed by atoms with Crippen molar-refractivity contribution in [3.8, 4) is 0 Å². The summed E-state index contributed by atoms with van der Waals surface area (Å²) in [4.78, 5) is 10.5. The molecule has 0 aliphatic carbocycles. The van der Waals surface area contributed by atoms with E-state index < -0.39 is 28.8 Å². The molecule has 0 spiro atoms. The minimum atomic E-state index is -3.88. The summed E-state index contributed by atoms with van der Waals surface area (Å²) < 4.78 is 26.3. The minimum Gasteiger partial charge on any atom is -0.467 e. The van der Waals surface area contributed by atoms with Crippen LogP contribution in [0.5, 0.6) is 0 Å². The Morgan fingerprint density at radius 2 is 2.25 bits per heavy atom. The number of esters is 1. The van der Waals surface area contributed by atoms with E-state index in [0.717, 1.165) is 7.11 Å². The Morgan fingerprint density at radius 1 is 1.75 bits per heavy atom. The highest BCUT2D eigenvalue weighted by Crippen LogP contribution is 1.84. The van der Waals surface area contributed by atoms with Gasteiger partial charge in [-0.3, -0.25) is 0 Å². The van der Waals surface area contributed by atoms with Gasteiger partial charge in [0.2, 0.25) is 0 Å². The van der Waals surface area contributed by atoms with Gasteiger partial charge in [-0.05, 0) is 0 Å². The Balaban J connectivity index is 3.88. The van der Waals surface area contributed by atoms with E-state index in [1.165, 1.54) is 0 Å². The van der Waals surface area contributed by atoms with Crippen molar-refractivity contribution < 1.29 is 23.1 Å². The Labute approximate surface area is 69.7 Å². The number of hydrogen-bond acceptors (Lipinski definition) is 5. The molecule has 0 aliphatic heterocycles. The van der Waals surface area contributed by atoms with Gasteiger partial charge in [-0.25, -0.2) is 9.93 Å². The van der Waals surface area contributed by atoms with Crippen LogP contribution in [0.4, 0.5) is 0 Å². The first-order chi connectivity index (χ1) is 5.37. The predicted octanol–water partition coefficient (Wildman–Crippen LogP) is -2.69. The Morgan fingerprint density at radius 3 is 2.58 bits per heavy atom. The molecule has 1 atom stereocenters. The molecule has 0 bridgehead atoms. The number of rotatable bonds is 4. The summed E-state index contributed by atoms with van der Waals surface area (Å²) in [5.41, 5.74) is 0. The van der Waals surface area contributed by atoms with E-state index in [1.54, 1.807) is 4.72 Å². The fourth-order valence-electron chi connectivity index (χ4n) is 0.414. The lowest BCUT2D eigenvalue weighted by molar-refractivity contribution is -0.149. The van der Waals surface area contributed by atoms with E-state index in [-0.39, 0.29) is 0 Å². The summed E-state index contributed by atoms with van der Waals surface area (Å²) in [6.45, 7) is -0.495. The topological polar surface area (TPSA) is 119 Å². The Bertz CT molecular complexity index is 248. The van der Waals surface area contributed by atoms with Crippen LogP contribution in [0, 0.1) is 0 Å². The van der Waals surface area contributed by atoms with Gasteiger partial charge in [0.05, 0.1) is 7.11 Å². The standard InChI is InChI=1S/C4H10N2O5S/c1-11-4(8)3(7)2-6-12(5,9)10/h3,6-7H,2H2,1H3,(H2,5,9,10). The third-order valence-corrected chi connectivity index (χ3v) is 1.52. The monoisotopic (exact) mass is 198 g/mol. The van der Waals surface area contributed by atoms with Crippen molar-refractivity contribution in [3.63, 3.8) is 0 Å². The van der Waals surface area contributed by atoms with Crippen LogP contribution in [0.2, 0.25) is 0 Å². The van der Waals surface area contributed by atoms with Crippen molar-refractivity contribution in [1.29, 1.82) is 0 Å². The van der Waals surface area contributed by atoms with E-state index >= 15 is 0 Å². The molecule has 0 saturated carbocycles. The summed E-state index contributed by atoms with van der Waals surface area (Å²) >= 11 is 0. The van der Waals surface area contributed by atoms with E-state index in [1.807, 2.05) is 0 Å². The third-order valence-electron chi connectivity index (χ3n) is 0.951. The molecule has 0 fully saturated rings. The Kier molecular flexibility index (Phi) is 4.10. The molecule has 72 valence electrons. The maximum absolute atomic E-state index is 10.5. The van der Waals surface area contributed by atoms with Gasteiger partial charge in [-0.15, -0.1) is 0 Å². The molecular weight excluding hydrogens is 188 g/mol. The van der Waals surface area contributed by atoms with E-state index in [0.29, 0.717) is 0 Å². The molecule has 0 saturated heterocycles. The van der Waals surface area contributed by atoms with Crippen molar-refractivity contribution in [2.45, 2.75) is 6.10 Å². The van der Waals surface area contributed by atoms with Crippen LogP contribution < -0.4 is 9.86 Å². The lowest BCUT2D eigenvalue weighted by Gasteiger charge is -2.07. The van der Waals surface area contributed by atoms with Gasteiger partial charge in [0.15, 0.2) is 6.10 Å². The van der Waals surface area contributed by atoms with Gasteiger partial charge >= 0.3 is 5.97 Å². The minimum absolute atomic E-state index is 0.495. The van der Waals surface area contributed by atoms with Crippen LogP contribution in [-0.4, -0.2) is 39.3 Å². The summed E-state index contributed by atoms with van der Waals surface area (Å²) in [7, 11) is -2.81. The zero-order valence-electron chi connectivity index (χ0n) is 6.35. The highest BCUT2D eigenvalue weighted by molar-refractivity contribution is 7.87. The fourth-order valence-corrected chi connectivity index (χ4v) is 0.805. The average molecular weight is 198 g/mol. The number of hydrogen-bond donors (Lipinski definition) is 3. The van der Waals surface area contributed by atoms with Gasteiger partial charge in [0, 0.05) is 6.54 Å². The van der Waals surface area contributed by atoms with Crippen LogP contribution in [0.15, 0.2) is 0 Å². The fraction of sp³-hybridized carbons (Fsp3) is 0.750. The summed E-state index contributed by atoms with van der Waals surface area (Å²) in [5, 5.41) is 13.3. The molecule has 0 aromatic carbocycles. The highest BCUT2D eigenvalue weighted by atomic mass is 32.2. The second-order valence-corrected chi connectivity index (χ2v) is 3.31. The van der Waals surface area contributed by atoms with Crippen LogP contribution in [0.3, 0.4) is 0 Å². The second kappa shape index (κ2) is 4.36. The van der Waals surface area contributed by atoms with Crippen molar-refractivity contribution in [3.05, 3.63) is 0 Å². The highest BCUT2D eigenvalue weighted by Gasteiger charge is 2.16. The smallest absolute Gasteiger partial charge is 0.336 e. The van der Waals surface area contributed by atoms with Gasteiger partial charge < -0.3 is 9.84 Å². The van der Waals surface area contributed by atoms with Gasteiger partial charge in [-0.1, -0.05) is 0 Å². The van der Waals surface area contributed by atoms with E-state index in [4.69, 9.17) is 5.11 Å². The number of ether oxygens (including phenoxy) is 1. The largest absolute Gasteiger partial charge is 0.467 e. The molecule has 8 heteroatoms. The molecule has 0 aromatic rings. The number of methoxy groups -OCH3 is 1. The second-order valence-electron chi connectivity index (χ2n) is 1.93. The number of carbonyl (C=O) groups excluding carboxylic acids is 1. The molecule has 1 unspecified atom stereocenters. The third kappa shape index (κ3) is 5.02. The number of aliphatic hydroxyl groups is 1. The van der Waals surface area contributed by atoms with Crippen molar-refractivity contribution in [1.82, 2.24) is 4.72 Å². The molecule has 0 radical (unpaired) electrons. The number of nitrogens with two attached hydrogens (primary N) is 1. The molecule has 7 nitrogen and oxygen atoms in total. The molecule has 0 rings (SSSR count). The molecular formula is C4H10N2O5S. The number of carbonyl (C=O) groups is 1. The molecule has 4 N–H and O–H groups in total. The zero-order chi connectivity index (χ0) is 9.78. The van der Waals surface area contributed by atoms with Gasteiger partial charge in [0.1, 0.15) is 0 Å². The molecule has 0 amide bonds. The predicted molar refractivity (Wildman–Crippen MR) is 39.1 cm³/mol. The molecule has 12 heavy (non-hydrogen) atoms. The summed E-state index contributed by atoms with van der Waals surface area (Å²) in [6.07, 6.45) is -1.53. The maximum atomic E-state index is 10.5. The van der Waals surface area contributed by atoms with E-state index in [2.05, 4.69) is 9.88 Å². The Hall–Kier alpha value is -0.700. The average Bonchev–Trinajstić information content (AvgIpc) is 1.97. The molecule has 0 aromatic heterocycles. The summed E-state index contributed by atoms with van der Waals surface area (Å²) in [5.74, 6) is -0.925. The van der Waals surface area contributed by atoms with Crippen LogP contribution in [0.1, 0.15) is 0 Å². The van der Waals surface area contributed by atoms with Crippen molar-refractivity contribution >= 4 is 16.2 Å². The van der Waals surface area contributed by atoms with Crippen LogP contribution in [-0.2, 0) is 19.7 Å². The van der Waals surface area contributed by atoms with Crippen molar-refractivity contribution in [2.75, 3.05) is 13.7 Å². The quantitative estimate of drug-likeness (QED) is 0.425. The van der Waals surface area contributed by atoms with Crippen molar-refractivity contribution in [2.24, 2.45) is 5.14 Å². The first-order valence-electron chi connectivity index (χ1n) is 2.90. The normalized spacial score (nSPS) is 13.9. The van der Waals surface area contributed by atoms with Gasteiger partial charge in [-0.2, -0.15) is 13.1 Å². The first kappa shape index (κ1) is 11.3. The zero-order valence-corrected chi connectivity index (χ0v) is 7.17. The van der Waals surface area contributed by atoms with Crippen LogP contribution >= 0.6 is 0 Å². The molecule has 0 aliphatic rings. The summed E-state index contributed by atoms with van der Waals surface area (Å²) in [6, 6.07) is 0.